The van der Waals surface area contributed by atoms with E-state index in [1.807, 2.05) is 12.3 Å². The van der Waals surface area contributed by atoms with Crippen molar-refractivity contribution in [2.45, 2.75) is 0 Å². The molecular formula is C53H31N3. The number of hydrogen-bond donors (Lipinski definition) is 0. The molecule has 0 saturated heterocycles. The number of nitrogens with zero attached hydrogens (tertiary/aromatic N) is 3. The molecule has 0 aliphatic rings. The minimum atomic E-state index is 0.915. The average molecular weight is 710 g/mol. The van der Waals surface area contributed by atoms with E-state index >= 15 is 0 Å². The zero-order chi connectivity index (χ0) is 36.5. The molecule has 13 aromatic rings. The van der Waals surface area contributed by atoms with Crippen molar-refractivity contribution in [2.24, 2.45) is 0 Å². The fourth-order valence-electron chi connectivity index (χ4n) is 9.83. The third kappa shape index (κ3) is 3.98. The van der Waals surface area contributed by atoms with Gasteiger partial charge in [-0.15, -0.1) is 0 Å². The van der Waals surface area contributed by atoms with Crippen LogP contribution in [-0.2, 0) is 0 Å². The predicted molar refractivity (Wildman–Crippen MR) is 237 cm³/mol. The Morgan fingerprint density at radius 2 is 0.946 bits per heavy atom. The highest BCUT2D eigenvalue weighted by atomic mass is 15.1. The molecule has 0 aliphatic heterocycles. The topological polar surface area (TPSA) is 22.8 Å². The van der Waals surface area contributed by atoms with Crippen LogP contribution in [0.2, 0.25) is 0 Å². The van der Waals surface area contributed by atoms with Crippen LogP contribution in [0, 0.1) is 0 Å². The highest BCUT2D eigenvalue weighted by molar-refractivity contribution is 6.32. The fourth-order valence-corrected chi connectivity index (χ4v) is 9.83. The van der Waals surface area contributed by atoms with Gasteiger partial charge in [0.25, 0.3) is 0 Å². The Balaban J connectivity index is 1.05. The summed E-state index contributed by atoms with van der Waals surface area (Å²) in [5.41, 5.74) is 8.33. The van der Waals surface area contributed by atoms with E-state index < -0.39 is 0 Å². The average Bonchev–Trinajstić information content (AvgIpc) is 3.79. The Labute approximate surface area is 321 Å². The fraction of sp³-hybridized carbons (Fsp3) is 0. The van der Waals surface area contributed by atoms with Gasteiger partial charge in [-0.1, -0.05) is 127 Å². The molecule has 0 saturated carbocycles. The summed E-state index contributed by atoms with van der Waals surface area (Å²) in [4.78, 5) is 4.90. The van der Waals surface area contributed by atoms with Crippen LogP contribution in [0.1, 0.15) is 0 Å². The monoisotopic (exact) mass is 709 g/mol. The van der Waals surface area contributed by atoms with Crippen LogP contribution in [0.25, 0.3) is 120 Å². The van der Waals surface area contributed by atoms with Gasteiger partial charge in [-0.25, -0.2) is 4.98 Å². The van der Waals surface area contributed by atoms with Crippen LogP contribution < -0.4 is 0 Å². The van der Waals surface area contributed by atoms with Crippen molar-refractivity contribution in [3.8, 4) is 22.6 Å². The molecule has 3 aromatic heterocycles. The minimum absolute atomic E-state index is 0.915. The Morgan fingerprint density at radius 1 is 0.321 bits per heavy atom. The van der Waals surface area contributed by atoms with Crippen molar-refractivity contribution in [3.05, 3.63) is 188 Å². The normalized spacial score (nSPS) is 12.3. The van der Waals surface area contributed by atoms with E-state index in [1.54, 1.807) is 0 Å². The van der Waals surface area contributed by atoms with Crippen molar-refractivity contribution in [2.75, 3.05) is 0 Å². The van der Waals surface area contributed by atoms with Gasteiger partial charge in [-0.05, 0) is 120 Å². The predicted octanol–water partition coefficient (Wildman–Crippen LogP) is 14.1. The lowest BCUT2D eigenvalue weighted by molar-refractivity contribution is 1.08. The summed E-state index contributed by atoms with van der Waals surface area (Å²) in [7, 11) is 0. The van der Waals surface area contributed by atoms with Gasteiger partial charge in [0.2, 0.25) is 0 Å². The molecule has 0 unspecified atom stereocenters. The zero-order valence-electron chi connectivity index (χ0n) is 30.2. The molecule has 56 heavy (non-hydrogen) atoms. The first-order valence-electron chi connectivity index (χ1n) is 19.3. The molecule has 0 radical (unpaired) electrons. The van der Waals surface area contributed by atoms with Gasteiger partial charge >= 0.3 is 0 Å². The summed E-state index contributed by atoms with van der Waals surface area (Å²) in [6.07, 6.45) is 1.89. The van der Waals surface area contributed by atoms with Gasteiger partial charge in [0.15, 0.2) is 0 Å². The van der Waals surface area contributed by atoms with Crippen molar-refractivity contribution in [3.63, 3.8) is 0 Å². The molecule has 258 valence electrons. The van der Waals surface area contributed by atoms with E-state index in [0.29, 0.717) is 0 Å². The molecule has 0 aliphatic carbocycles. The Hall–Kier alpha value is -7.49. The smallest absolute Gasteiger partial charge is 0.137 e. The van der Waals surface area contributed by atoms with E-state index in [1.165, 1.54) is 103 Å². The van der Waals surface area contributed by atoms with Gasteiger partial charge in [-0.3, -0.25) is 4.57 Å². The highest BCUT2D eigenvalue weighted by Crippen LogP contribution is 2.46. The Morgan fingerprint density at radius 3 is 1.75 bits per heavy atom. The maximum absolute atomic E-state index is 4.90. The first-order chi connectivity index (χ1) is 27.8. The van der Waals surface area contributed by atoms with Crippen LogP contribution in [-0.4, -0.2) is 14.1 Å². The van der Waals surface area contributed by atoms with Crippen LogP contribution in [0.15, 0.2) is 188 Å². The van der Waals surface area contributed by atoms with Crippen LogP contribution in [0.5, 0.6) is 0 Å². The Bertz CT molecular complexity index is 3720. The molecular weight excluding hydrogens is 679 g/mol. The number of pyridine rings is 1. The minimum Gasteiger partial charge on any atom is -0.307 e. The zero-order valence-corrected chi connectivity index (χ0v) is 30.2. The summed E-state index contributed by atoms with van der Waals surface area (Å²) in [6.45, 7) is 0. The molecule has 0 N–H and O–H groups in total. The van der Waals surface area contributed by atoms with E-state index in [2.05, 4.69) is 185 Å². The first-order valence-corrected chi connectivity index (χ1v) is 19.3. The van der Waals surface area contributed by atoms with Crippen LogP contribution >= 0.6 is 0 Å². The summed E-state index contributed by atoms with van der Waals surface area (Å²) in [6, 6.07) is 67.0. The van der Waals surface area contributed by atoms with Crippen molar-refractivity contribution < 1.29 is 0 Å². The molecule has 0 bridgehead atoms. The van der Waals surface area contributed by atoms with Gasteiger partial charge in [0.1, 0.15) is 5.82 Å². The van der Waals surface area contributed by atoms with Crippen molar-refractivity contribution in [1.29, 1.82) is 0 Å². The van der Waals surface area contributed by atoms with Gasteiger partial charge < -0.3 is 4.57 Å². The molecule has 3 nitrogen and oxygen atoms in total. The van der Waals surface area contributed by atoms with E-state index in [-0.39, 0.29) is 0 Å². The SMILES string of the molecule is c1ccc(-n2c3ccccc3c3cc4ccc5cccc6c5c4c(c32)n6-c2ccc3cc(-c4ccc5c6ccccc6c6ccccc6c5c4)ccc3c2)nc1. The van der Waals surface area contributed by atoms with Gasteiger partial charge in [-0.2, -0.15) is 0 Å². The molecule has 0 atom stereocenters. The molecule has 0 spiro atoms. The van der Waals surface area contributed by atoms with Crippen molar-refractivity contribution in [1.82, 2.24) is 14.1 Å². The molecule has 10 aromatic carbocycles. The van der Waals surface area contributed by atoms with Gasteiger partial charge in [0, 0.05) is 33.4 Å². The van der Waals surface area contributed by atoms with E-state index in [4.69, 9.17) is 4.98 Å². The number of fused-ring (bicyclic) bond motifs is 11. The number of para-hydroxylation sites is 1. The van der Waals surface area contributed by atoms with E-state index in [0.717, 1.165) is 17.0 Å². The van der Waals surface area contributed by atoms with E-state index in [9.17, 15) is 0 Å². The van der Waals surface area contributed by atoms with Crippen LogP contribution in [0.3, 0.4) is 0 Å². The maximum atomic E-state index is 4.90. The lowest BCUT2D eigenvalue weighted by Crippen LogP contribution is -2.00. The summed E-state index contributed by atoms with van der Waals surface area (Å²) in [5.74, 6) is 0.915. The largest absolute Gasteiger partial charge is 0.307 e. The first kappa shape index (κ1) is 29.9. The molecule has 3 heteroatoms. The lowest BCUT2D eigenvalue weighted by atomic mass is 9.91. The number of rotatable bonds is 3. The van der Waals surface area contributed by atoms with Gasteiger partial charge in [0.05, 0.1) is 22.1 Å². The molecule has 13 rings (SSSR count). The number of aromatic nitrogens is 3. The summed E-state index contributed by atoms with van der Waals surface area (Å²) >= 11 is 0. The Kier molecular flexibility index (Phi) is 5.89. The molecule has 0 fully saturated rings. The number of hydrogen-bond acceptors (Lipinski definition) is 1. The second-order valence-electron chi connectivity index (χ2n) is 15.1. The third-order valence-electron chi connectivity index (χ3n) is 12.2. The highest BCUT2D eigenvalue weighted by Gasteiger charge is 2.24. The number of benzene rings is 10. The quantitative estimate of drug-likeness (QED) is 0.168. The second-order valence-corrected chi connectivity index (χ2v) is 15.1. The van der Waals surface area contributed by atoms with Crippen LogP contribution in [0.4, 0.5) is 0 Å². The van der Waals surface area contributed by atoms with Crippen molar-refractivity contribution >= 4 is 97.5 Å². The summed E-state index contributed by atoms with van der Waals surface area (Å²) in [5, 5.41) is 17.7. The molecule has 3 heterocycles. The maximum Gasteiger partial charge on any atom is 0.137 e. The lowest BCUT2D eigenvalue weighted by Gasteiger charge is -2.14. The standard InChI is InChI=1S/C53H31N3/c1-2-13-41-39(11-1)40-12-3-4-14-42(40)45-30-36(24-26-43(41)45)33-20-21-35-29-38(25-23-34(35)28-33)55-48-17-9-10-32-19-22-37-31-46-44-15-5-6-16-47(44)56(49-18-7-8-27-54-49)52(46)53(55)51(37)50(32)48/h1-31H. The molecule has 0 amide bonds. The second kappa shape index (κ2) is 11.0. The summed E-state index contributed by atoms with van der Waals surface area (Å²) < 4.78 is 4.86. The third-order valence-corrected chi connectivity index (χ3v) is 12.2.